The Morgan fingerprint density at radius 1 is 1.38 bits per heavy atom. The predicted molar refractivity (Wildman–Crippen MR) is 84.6 cm³/mol. The normalized spacial score (nSPS) is 15.5. The van der Waals surface area contributed by atoms with Crippen molar-refractivity contribution < 1.29 is 13.6 Å². The van der Waals surface area contributed by atoms with E-state index in [0.717, 1.165) is 18.4 Å². The van der Waals surface area contributed by atoms with E-state index in [1.165, 1.54) is 10.9 Å². The molecule has 0 bridgehead atoms. The van der Waals surface area contributed by atoms with Crippen LogP contribution in [-0.2, 0) is 7.05 Å². The lowest BCUT2D eigenvalue weighted by Gasteiger charge is -2.31. The van der Waals surface area contributed by atoms with Crippen molar-refractivity contribution in [1.29, 1.82) is 0 Å². The number of hydrogen-bond acceptors (Lipinski definition) is 3. The van der Waals surface area contributed by atoms with E-state index < -0.39 is 12.1 Å². The number of carbonyl (C=O) groups is 1. The van der Waals surface area contributed by atoms with Crippen molar-refractivity contribution in [1.82, 2.24) is 19.7 Å². The van der Waals surface area contributed by atoms with E-state index >= 15 is 0 Å². The summed E-state index contributed by atoms with van der Waals surface area (Å²) in [7, 11) is 1.55. The van der Waals surface area contributed by atoms with Gasteiger partial charge in [-0.05, 0) is 37.0 Å². The van der Waals surface area contributed by atoms with Crippen molar-refractivity contribution in [3.05, 3.63) is 47.5 Å². The fraction of sp³-hybridized carbons (Fsp3) is 0.471. The van der Waals surface area contributed by atoms with Gasteiger partial charge in [0.2, 0.25) is 0 Å². The van der Waals surface area contributed by atoms with Crippen molar-refractivity contribution in [2.75, 3.05) is 0 Å². The lowest BCUT2D eigenvalue weighted by molar-refractivity contribution is 0.0640. The fourth-order valence-electron chi connectivity index (χ4n) is 3.06. The summed E-state index contributed by atoms with van der Waals surface area (Å²) in [5, 5.41) is 3.76. The summed E-state index contributed by atoms with van der Waals surface area (Å²) < 4.78 is 27.7. The number of aromatic nitrogens is 3. The minimum absolute atomic E-state index is 0.00749. The fourth-order valence-corrected chi connectivity index (χ4v) is 3.06. The molecule has 1 aliphatic carbocycles. The highest BCUT2D eigenvalue weighted by atomic mass is 19.3. The summed E-state index contributed by atoms with van der Waals surface area (Å²) in [4.78, 5) is 18.8. The van der Waals surface area contributed by atoms with Crippen molar-refractivity contribution >= 4 is 5.91 Å². The van der Waals surface area contributed by atoms with Gasteiger partial charge in [-0.15, -0.1) is 0 Å². The van der Waals surface area contributed by atoms with E-state index in [1.807, 2.05) is 19.1 Å². The molecule has 1 unspecified atom stereocenters. The summed E-state index contributed by atoms with van der Waals surface area (Å²) in [6.07, 6.45) is 4.49. The number of hydrogen-bond donors (Lipinski definition) is 0. The summed E-state index contributed by atoms with van der Waals surface area (Å²) in [5.74, 6) is -0.371. The van der Waals surface area contributed by atoms with Crippen LogP contribution in [0.2, 0.25) is 0 Å². The number of pyridine rings is 1. The molecule has 1 amide bonds. The lowest BCUT2D eigenvalue weighted by Crippen LogP contribution is -2.37. The molecule has 2 aromatic rings. The Hall–Kier alpha value is -2.31. The van der Waals surface area contributed by atoms with Crippen LogP contribution in [0.15, 0.2) is 30.7 Å². The van der Waals surface area contributed by atoms with Crippen molar-refractivity contribution in [2.24, 2.45) is 7.05 Å². The first kappa shape index (κ1) is 16.5. The molecule has 1 saturated carbocycles. The monoisotopic (exact) mass is 334 g/mol. The predicted octanol–water partition coefficient (Wildman–Crippen LogP) is 3.51. The van der Waals surface area contributed by atoms with E-state index in [0.29, 0.717) is 6.42 Å². The first-order chi connectivity index (χ1) is 11.5. The number of nitrogens with zero attached hydrogens (tertiary/aromatic N) is 4. The summed E-state index contributed by atoms with van der Waals surface area (Å²) >= 11 is 0. The molecular weight excluding hydrogens is 314 g/mol. The van der Waals surface area contributed by atoms with Crippen LogP contribution in [0.3, 0.4) is 0 Å². The van der Waals surface area contributed by atoms with Crippen LogP contribution in [0.5, 0.6) is 0 Å². The first-order valence-corrected chi connectivity index (χ1v) is 8.07. The Balaban J connectivity index is 1.98. The van der Waals surface area contributed by atoms with Crippen LogP contribution >= 0.6 is 0 Å². The van der Waals surface area contributed by atoms with Gasteiger partial charge >= 0.3 is 0 Å². The number of rotatable bonds is 6. The molecule has 2 heterocycles. The number of halogens is 2. The number of aryl methyl sites for hydroxylation is 1. The van der Waals surface area contributed by atoms with Gasteiger partial charge in [-0.2, -0.15) is 5.10 Å². The van der Waals surface area contributed by atoms with Crippen LogP contribution in [0, 0.1) is 0 Å². The molecule has 128 valence electrons. The zero-order valence-corrected chi connectivity index (χ0v) is 13.7. The van der Waals surface area contributed by atoms with E-state index in [2.05, 4.69) is 10.1 Å². The molecule has 0 radical (unpaired) electrons. The minimum Gasteiger partial charge on any atom is -0.329 e. The third-order valence-electron chi connectivity index (χ3n) is 4.28. The SMILES string of the molecule is CCC(c1ccncc1)N(C(=O)c1cn(C)nc1C(F)F)C1CC1. The molecule has 1 aliphatic rings. The van der Waals surface area contributed by atoms with Crippen molar-refractivity contribution in [2.45, 2.75) is 44.7 Å². The van der Waals surface area contributed by atoms with Crippen LogP contribution in [0.1, 0.15) is 60.3 Å². The van der Waals surface area contributed by atoms with Gasteiger partial charge in [0.05, 0.1) is 11.6 Å². The number of amides is 1. The van der Waals surface area contributed by atoms with Gasteiger partial charge in [0, 0.05) is 31.7 Å². The molecule has 0 spiro atoms. The second-order valence-corrected chi connectivity index (χ2v) is 6.05. The zero-order chi connectivity index (χ0) is 17.3. The van der Waals surface area contributed by atoms with E-state index in [-0.39, 0.29) is 23.6 Å². The van der Waals surface area contributed by atoms with Crippen molar-refractivity contribution in [3.63, 3.8) is 0 Å². The molecular formula is C17H20F2N4O. The molecule has 0 N–H and O–H groups in total. The highest BCUT2D eigenvalue weighted by Crippen LogP contribution is 2.38. The van der Waals surface area contributed by atoms with Crippen LogP contribution in [-0.4, -0.2) is 31.6 Å². The summed E-state index contributed by atoms with van der Waals surface area (Å²) in [5.41, 5.74) is 0.514. The summed E-state index contributed by atoms with van der Waals surface area (Å²) in [6, 6.07) is 3.68. The third kappa shape index (κ3) is 3.16. The second-order valence-electron chi connectivity index (χ2n) is 6.05. The summed E-state index contributed by atoms with van der Waals surface area (Å²) in [6.45, 7) is 1.99. The van der Waals surface area contributed by atoms with E-state index in [9.17, 15) is 13.6 Å². The molecule has 0 aliphatic heterocycles. The number of alkyl halides is 2. The van der Waals surface area contributed by atoms with E-state index in [4.69, 9.17) is 0 Å². The van der Waals surface area contributed by atoms with Crippen LogP contribution in [0.25, 0.3) is 0 Å². The van der Waals surface area contributed by atoms with Crippen LogP contribution in [0.4, 0.5) is 8.78 Å². The van der Waals surface area contributed by atoms with E-state index in [1.54, 1.807) is 24.3 Å². The van der Waals surface area contributed by atoms with Gasteiger partial charge in [0.15, 0.2) is 0 Å². The first-order valence-electron chi connectivity index (χ1n) is 8.07. The quantitative estimate of drug-likeness (QED) is 0.812. The average molecular weight is 334 g/mol. The highest BCUT2D eigenvalue weighted by Gasteiger charge is 2.39. The third-order valence-corrected chi connectivity index (χ3v) is 4.28. The molecule has 0 saturated heterocycles. The maximum absolute atomic E-state index is 13.2. The molecule has 1 fully saturated rings. The molecule has 24 heavy (non-hydrogen) atoms. The van der Waals surface area contributed by atoms with Gasteiger partial charge < -0.3 is 4.90 Å². The lowest BCUT2D eigenvalue weighted by atomic mass is 10.0. The molecule has 5 nitrogen and oxygen atoms in total. The number of carbonyl (C=O) groups excluding carboxylic acids is 1. The maximum Gasteiger partial charge on any atom is 0.282 e. The Morgan fingerprint density at radius 2 is 2.04 bits per heavy atom. The smallest absolute Gasteiger partial charge is 0.282 e. The Morgan fingerprint density at radius 3 is 2.58 bits per heavy atom. The Kier molecular flexibility index (Phi) is 4.59. The van der Waals surface area contributed by atoms with Crippen LogP contribution < -0.4 is 0 Å². The highest BCUT2D eigenvalue weighted by molar-refractivity contribution is 5.96. The van der Waals surface area contributed by atoms with Gasteiger partial charge in [0.1, 0.15) is 5.69 Å². The average Bonchev–Trinajstić information content (AvgIpc) is 3.33. The maximum atomic E-state index is 13.2. The Bertz CT molecular complexity index is 713. The zero-order valence-electron chi connectivity index (χ0n) is 13.7. The van der Waals surface area contributed by atoms with Gasteiger partial charge in [-0.25, -0.2) is 8.78 Å². The Labute approximate surface area is 139 Å². The minimum atomic E-state index is -2.77. The molecule has 1 atom stereocenters. The van der Waals surface area contributed by atoms with Gasteiger partial charge in [0.25, 0.3) is 12.3 Å². The standard InChI is InChI=1S/C17H20F2N4O/c1-3-14(11-6-8-20-9-7-11)23(12-4-5-12)17(24)13-10-22(2)21-15(13)16(18)19/h6-10,12,14,16H,3-5H2,1-2H3. The molecule has 0 aromatic carbocycles. The largest absolute Gasteiger partial charge is 0.329 e. The molecule has 3 rings (SSSR count). The topological polar surface area (TPSA) is 51.0 Å². The van der Waals surface area contributed by atoms with Crippen molar-refractivity contribution in [3.8, 4) is 0 Å². The van der Waals surface area contributed by atoms with Gasteiger partial charge in [-0.3, -0.25) is 14.5 Å². The molecule has 2 aromatic heterocycles. The van der Waals surface area contributed by atoms with Gasteiger partial charge in [-0.1, -0.05) is 6.92 Å². The molecule has 7 heteroatoms. The second kappa shape index (κ2) is 6.67.